The Kier molecular flexibility index (Phi) is 5.24. The summed E-state index contributed by atoms with van der Waals surface area (Å²) in [5, 5.41) is 20.4. The van der Waals surface area contributed by atoms with E-state index >= 15 is 0 Å². The fourth-order valence-corrected chi connectivity index (χ4v) is 3.81. The molecule has 0 saturated heterocycles. The van der Waals surface area contributed by atoms with Gasteiger partial charge in [0.2, 0.25) is 0 Å². The Labute approximate surface area is 209 Å². The van der Waals surface area contributed by atoms with Crippen molar-refractivity contribution in [1.29, 1.82) is 0 Å². The van der Waals surface area contributed by atoms with Gasteiger partial charge >= 0.3 is 0 Å². The summed E-state index contributed by atoms with van der Waals surface area (Å²) in [5.41, 5.74) is 2.25. The number of rotatable bonds is 3. The molecule has 0 unspecified atom stereocenters. The van der Waals surface area contributed by atoms with Gasteiger partial charge in [-0.2, -0.15) is 5.10 Å². The summed E-state index contributed by atoms with van der Waals surface area (Å²) in [6.07, 6.45) is 1.78. The molecule has 1 amide bonds. The average Bonchev–Trinajstić information content (AvgIpc) is 3.30. The Morgan fingerprint density at radius 2 is 2.06 bits per heavy atom. The van der Waals surface area contributed by atoms with E-state index < -0.39 is 18.7 Å². The minimum absolute atomic E-state index is 0.0794. The highest BCUT2D eigenvalue weighted by atomic mass is 19.1. The molecule has 0 radical (unpaired) electrons. The molecule has 4 aromatic rings. The van der Waals surface area contributed by atoms with Crippen molar-refractivity contribution in [3.8, 4) is 17.0 Å². The Balaban J connectivity index is 1.68. The first-order valence-electron chi connectivity index (χ1n) is 12.3. The van der Waals surface area contributed by atoms with E-state index in [1.54, 1.807) is 30.1 Å². The molecule has 0 fully saturated rings. The number of fused-ring (bicyclic) bond motifs is 6. The molecule has 184 valence electrons. The molecule has 1 aliphatic heterocycles. The highest BCUT2D eigenvalue weighted by molar-refractivity contribution is 5.99. The molecule has 36 heavy (non-hydrogen) atoms. The van der Waals surface area contributed by atoms with Crippen LogP contribution in [-0.2, 0) is 25.0 Å². The third-order valence-corrected chi connectivity index (χ3v) is 5.42. The van der Waals surface area contributed by atoms with Gasteiger partial charge in [0, 0.05) is 36.0 Å². The first kappa shape index (κ1) is 19.7. The van der Waals surface area contributed by atoms with Gasteiger partial charge in [-0.3, -0.25) is 9.48 Å². The van der Waals surface area contributed by atoms with Crippen molar-refractivity contribution in [3.05, 3.63) is 65.4 Å². The lowest BCUT2D eigenvalue weighted by atomic mass is 10.0. The molecule has 4 heterocycles. The zero-order chi connectivity index (χ0) is 27.7. The predicted molar refractivity (Wildman–Crippen MR) is 130 cm³/mol. The normalized spacial score (nSPS) is 14.2. The van der Waals surface area contributed by atoms with E-state index in [1.807, 2.05) is 11.4 Å². The molecule has 6 bridgehead atoms. The zero-order valence-corrected chi connectivity index (χ0v) is 19.3. The van der Waals surface area contributed by atoms with Crippen molar-refractivity contribution in [2.45, 2.75) is 13.2 Å². The monoisotopic (exact) mass is 493 g/mol. The number of nitrogens with zero attached hydrogens (tertiary/aromatic N) is 5. The number of hydrogen-bond acceptors (Lipinski definition) is 9. The van der Waals surface area contributed by atoms with E-state index in [1.165, 1.54) is 25.3 Å². The van der Waals surface area contributed by atoms with E-state index in [2.05, 4.69) is 30.9 Å². The number of aromatic nitrogens is 5. The molecule has 0 saturated carbocycles. The molecule has 0 atom stereocenters. The van der Waals surface area contributed by atoms with Crippen LogP contribution >= 0.6 is 0 Å². The maximum atomic E-state index is 14.4. The van der Waals surface area contributed by atoms with Crippen LogP contribution in [0.1, 0.15) is 25.9 Å². The van der Waals surface area contributed by atoms with Crippen LogP contribution < -0.4 is 20.7 Å². The van der Waals surface area contributed by atoms with Crippen LogP contribution in [0.4, 0.5) is 27.4 Å². The van der Waals surface area contributed by atoms with Crippen molar-refractivity contribution in [1.82, 2.24) is 30.3 Å². The molecule has 5 rings (SSSR count). The highest BCUT2D eigenvalue weighted by Gasteiger charge is 2.21. The van der Waals surface area contributed by atoms with Gasteiger partial charge in [0.05, 0.1) is 37.4 Å². The second-order valence-electron chi connectivity index (χ2n) is 7.91. The molecular weight excluding hydrogens is 467 g/mol. The number of nitrogens with one attached hydrogen (secondary N) is 3. The molecule has 12 heteroatoms. The van der Waals surface area contributed by atoms with Gasteiger partial charge in [-0.1, -0.05) is 0 Å². The molecule has 1 aliphatic rings. The lowest BCUT2D eigenvalue weighted by molar-refractivity contribution is 0.0958. The fourth-order valence-electron chi connectivity index (χ4n) is 3.81. The van der Waals surface area contributed by atoms with E-state index in [9.17, 15) is 9.18 Å². The number of pyridine rings is 1. The number of halogens is 1. The first-order valence-corrected chi connectivity index (χ1v) is 10.8. The van der Waals surface area contributed by atoms with Crippen molar-refractivity contribution in [3.63, 3.8) is 0 Å². The van der Waals surface area contributed by atoms with Crippen molar-refractivity contribution in [2.75, 3.05) is 24.7 Å². The highest BCUT2D eigenvalue weighted by Crippen LogP contribution is 2.39. The van der Waals surface area contributed by atoms with Crippen molar-refractivity contribution < 1.29 is 22.8 Å². The number of carbonyl (C=O) groups excluding carboxylic acids is 1. The predicted octanol–water partition coefficient (Wildman–Crippen LogP) is 3.30. The summed E-state index contributed by atoms with van der Waals surface area (Å²) in [6.45, 7) is -2.76. The summed E-state index contributed by atoms with van der Waals surface area (Å²) in [4.78, 5) is 17.1. The van der Waals surface area contributed by atoms with Crippen molar-refractivity contribution in [2.24, 2.45) is 7.05 Å². The molecule has 3 N–H and O–H groups in total. The molecule has 11 nitrogen and oxygen atoms in total. The second-order valence-corrected chi connectivity index (χ2v) is 7.91. The number of carbonyl (C=O) groups is 1. The molecular formula is C24H23FN8O3. The maximum absolute atomic E-state index is 14.4. The SMILES string of the molecule is [2H]C([2H])([2H])NC(=O)c1nnc2cc1Nc1cc(cc(-c3ccn(C)n3)c1OC)COCc1nc(ccc1F)N2. The van der Waals surface area contributed by atoms with Gasteiger partial charge in [0.1, 0.15) is 17.3 Å². The zero-order valence-electron chi connectivity index (χ0n) is 22.3. The van der Waals surface area contributed by atoms with Gasteiger partial charge in [-0.15, -0.1) is 10.2 Å². The average molecular weight is 494 g/mol. The van der Waals surface area contributed by atoms with E-state index in [-0.39, 0.29) is 41.9 Å². The summed E-state index contributed by atoms with van der Waals surface area (Å²) < 4.78 is 49.9. The Bertz CT molecular complexity index is 1560. The largest absolute Gasteiger partial charge is 0.494 e. The quantitative estimate of drug-likeness (QED) is 0.394. The second kappa shape index (κ2) is 9.58. The summed E-state index contributed by atoms with van der Waals surface area (Å²) in [6, 6.07) is 9.49. The maximum Gasteiger partial charge on any atom is 0.273 e. The van der Waals surface area contributed by atoms with Crippen molar-refractivity contribution >= 4 is 28.9 Å². The molecule has 1 aromatic carbocycles. The lowest BCUT2D eigenvalue weighted by Crippen LogP contribution is -2.21. The number of aryl methyl sites for hydroxylation is 1. The third kappa shape index (κ3) is 4.53. The van der Waals surface area contributed by atoms with Gasteiger partial charge in [-0.05, 0) is 35.9 Å². The molecule has 0 aliphatic carbocycles. The summed E-state index contributed by atoms with van der Waals surface area (Å²) in [7, 11) is 3.27. The van der Waals surface area contributed by atoms with Crippen LogP contribution in [0.15, 0.2) is 42.6 Å². The number of methoxy groups -OCH3 is 1. The van der Waals surface area contributed by atoms with E-state index in [0.29, 0.717) is 28.3 Å². The smallest absolute Gasteiger partial charge is 0.273 e. The minimum Gasteiger partial charge on any atom is -0.494 e. The van der Waals surface area contributed by atoms with Crippen LogP contribution in [0.3, 0.4) is 0 Å². The van der Waals surface area contributed by atoms with Gasteiger partial charge in [0.15, 0.2) is 17.3 Å². The Morgan fingerprint density at radius 1 is 1.17 bits per heavy atom. The summed E-state index contributed by atoms with van der Waals surface area (Å²) in [5.74, 6) is -0.687. The van der Waals surface area contributed by atoms with E-state index in [0.717, 1.165) is 0 Å². The fraction of sp³-hybridized carbons (Fsp3) is 0.208. The van der Waals surface area contributed by atoms with Crippen LogP contribution in [0, 0.1) is 5.82 Å². The van der Waals surface area contributed by atoms with Crippen LogP contribution in [0.25, 0.3) is 11.3 Å². The number of amides is 1. The molecule has 0 spiro atoms. The Morgan fingerprint density at radius 3 is 2.83 bits per heavy atom. The Hall–Kier alpha value is -4.58. The number of anilines is 4. The lowest BCUT2D eigenvalue weighted by Gasteiger charge is -2.19. The first-order chi connectivity index (χ1) is 18.6. The van der Waals surface area contributed by atoms with Crippen LogP contribution in [-0.4, -0.2) is 45.0 Å². The van der Waals surface area contributed by atoms with E-state index in [4.69, 9.17) is 13.6 Å². The van der Waals surface area contributed by atoms with Gasteiger partial charge < -0.3 is 25.4 Å². The topological polar surface area (TPSA) is 128 Å². The minimum atomic E-state index is -2.75. The van der Waals surface area contributed by atoms with Gasteiger partial charge in [-0.25, -0.2) is 9.37 Å². The third-order valence-electron chi connectivity index (χ3n) is 5.42. The summed E-state index contributed by atoms with van der Waals surface area (Å²) >= 11 is 0. The van der Waals surface area contributed by atoms with Gasteiger partial charge in [0.25, 0.3) is 5.91 Å². The van der Waals surface area contributed by atoms with Crippen LogP contribution in [0.5, 0.6) is 5.75 Å². The molecule has 3 aromatic heterocycles. The standard InChI is InChI=1S/C24H23FN8O3/c1-26-24(34)22-17-10-21(30-31-22)29-20-5-4-15(25)19(28-20)12-36-11-13-8-14(16-6-7-33(2)32-16)23(35-3)18(9-13)27-17/h4-10,27H,11-12H2,1-3H3,(H,26,34)(H,28,29,30)/i1D3. The number of benzene rings is 1. The number of ether oxygens (including phenoxy) is 2. The van der Waals surface area contributed by atoms with Crippen LogP contribution in [0.2, 0.25) is 0 Å². The number of hydrogen-bond donors (Lipinski definition) is 3.